The Balaban J connectivity index is 1.51. The van der Waals surface area contributed by atoms with E-state index in [1.165, 1.54) is 0 Å². The Morgan fingerprint density at radius 2 is 1.00 bits per heavy atom. The molecule has 0 aliphatic rings. The maximum Gasteiger partial charge on any atom is 0.164 e. The van der Waals surface area contributed by atoms with Gasteiger partial charge in [0.2, 0.25) is 0 Å². The third kappa shape index (κ3) is 6.27. The van der Waals surface area contributed by atoms with Gasteiger partial charge in [-0.25, -0.2) is 19.3 Å². The second-order valence-corrected chi connectivity index (χ2v) is 12.3. The average molecular weight is 679 g/mol. The van der Waals surface area contributed by atoms with Crippen LogP contribution < -0.4 is 9.47 Å². The molecular weight excluding hydrogens is 641 g/mol. The van der Waals surface area contributed by atoms with Crippen molar-refractivity contribution in [3.63, 3.8) is 0 Å². The van der Waals surface area contributed by atoms with Crippen LogP contribution in [0.3, 0.4) is 0 Å². The first kappa shape index (κ1) is 32.5. The van der Waals surface area contributed by atoms with Crippen molar-refractivity contribution in [3.05, 3.63) is 170 Å². The zero-order chi connectivity index (χ0) is 35.3. The lowest BCUT2D eigenvalue weighted by Gasteiger charge is -2.19. The van der Waals surface area contributed by atoms with Gasteiger partial charge in [0.05, 0.1) is 47.6 Å². The summed E-state index contributed by atoms with van der Waals surface area (Å²) in [6.45, 7) is 5.04. The van der Waals surface area contributed by atoms with Crippen molar-refractivity contribution in [1.29, 1.82) is 0 Å². The van der Waals surface area contributed by atoms with E-state index in [-0.39, 0.29) is 0 Å². The van der Waals surface area contributed by atoms with Gasteiger partial charge in [-0.05, 0) is 49.2 Å². The molecule has 2 aromatic heterocycles. The van der Waals surface area contributed by atoms with Gasteiger partial charge in [-0.3, -0.25) is 0 Å². The van der Waals surface area contributed by atoms with Gasteiger partial charge in [0.25, 0.3) is 0 Å². The van der Waals surface area contributed by atoms with Gasteiger partial charge < -0.3 is 9.47 Å². The minimum Gasteiger partial charge on any atom is -0.493 e. The molecule has 0 aliphatic heterocycles. The molecule has 0 saturated carbocycles. The average Bonchev–Trinajstić information content (AvgIpc) is 3.83. The number of nitrogens with zero attached hydrogens (tertiary/aromatic N) is 4. The highest BCUT2D eigenvalue weighted by molar-refractivity contribution is 5.84. The van der Waals surface area contributed by atoms with Gasteiger partial charge in [0.1, 0.15) is 11.5 Å². The maximum atomic E-state index is 6.35. The molecule has 0 N–H and O–H groups in total. The SMILES string of the molecule is CCOc1ccc(-c2ccccc2)cc1-c1nc(-c2ccccc2)cn1-n1c(-c2ccccc2OCC)nc(-c2ccccc2)c1-c1ccccc1. The van der Waals surface area contributed by atoms with Crippen LogP contribution in [0.4, 0.5) is 0 Å². The molecule has 0 radical (unpaired) electrons. The predicted octanol–water partition coefficient (Wildman–Crippen LogP) is 11.2. The van der Waals surface area contributed by atoms with Gasteiger partial charge in [-0.1, -0.05) is 140 Å². The summed E-state index contributed by atoms with van der Waals surface area (Å²) >= 11 is 0. The molecule has 2 heterocycles. The highest BCUT2D eigenvalue weighted by Crippen LogP contribution is 2.42. The van der Waals surface area contributed by atoms with E-state index in [4.69, 9.17) is 19.4 Å². The van der Waals surface area contributed by atoms with Gasteiger partial charge in [-0.2, -0.15) is 0 Å². The predicted molar refractivity (Wildman–Crippen MR) is 210 cm³/mol. The van der Waals surface area contributed by atoms with Crippen molar-refractivity contribution in [2.24, 2.45) is 0 Å². The quantitative estimate of drug-likeness (QED) is 0.137. The van der Waals surface area contributed by atoms with Crippen molar-refractivity contribution in [3.8, 4) is 79.2 Å². The number of aromatic nitrogens is 4. The first-order valence-corrected chi connectivity index (χ1v) is 17.7. The molecule has 0 aliphatic carbocycles. The van der Waals surface area contributed by atoms with Crippen LogP contribution in [0.25, 0.3) is 67.7 Å². The normalized spacial score (nSPS) is 11.0. The first-order valence-electron chi connectivity index (χ1n) is 17.7. The van der Waals surface area contributed by atoms with Crippen molar-refractivity contribution in [2.75, 3.05) is 13.2 Å². The van der Waals surface area contributed by atoms with Gasteiger partial charge in [0.15, 0.2) is 11.6 Å². The van der Waals surface area contributed by atoms with Crippen LogP contribution in [-0.2, 0) is 0 Å². The molecule has 0 amide bonds. The van der Waals surface area contributed by atoms with Crippen molar-refractivity contribution < 1.29 is 9.47 Å². The Labute approximate surface area is 304 Å². The summed E-state index contributed by atoms with van der Waals surface area (Å²) in [4.78, 5) is 10.9. The van der Waals surface area contributed by atoms with Crippen molar-refractivity contribution in [2.45, 2.75) is 13.8 Å². The van der Waals surface area contributed by atoms with Gasteiger partial charge >= 0.3 is 0 Å². The fraction of sp³-hybridized carbons (Fsp3) is 0.0870. The molecule has 0 unspecified atom stereocenters. The lowest BCUT2D eigenvalue weighted by atomic mass is 10.0. The number of imidazole rings is 2. The molecule has 6 heteroatoms. The van der Waals surface area contributed by atoms with Crippen LogP contribution in [0.15, 0.2) is 170 Å². The van der Waals surface area contributed by atoms with E-state index in [0.29, 0.717) is 19.0 Å². The number of hydrogen-bond acceptors (Lipinski definition) is 4. The zero-order valence-corrected chi connectivity index (χ0v) is 29.2. The molecule has 52 heavy (non-hydrogen) atoms. The van der Waals surface area contributed by atoms with Gasteiger partial charge in [0, 0.05) is 16.7 Å². The summed E-state index contributed by atoms with van der Waals surface area (Å²) in [5, 5.41) is 0. The van der Waals surface area contributed by atoms with E-state index >= 15 is 0 Å². The summed E-state index contributed by atoms with van der Waals surface area (Å²) in [7, 11) is 0. The van der Waals surface area contributed by atoms with E-state index in [1.807, 2.05) is 68.4 Å². The lowest BCUT2D eigenvalue weighted by Crippen LogP contribution is -2.14. The first-order chi connectivity index (χ1) is 25.7. The molecule has 6 aromatic carbocycles. The molecule has 8 aromatic rings. The molecular formula is C46H38N4O2. The molecule has 0 spiro atoms. The van der Waals surface area contributed by atoms with Crippen molar-refractivity contribution >= 4 is 0 Å². The second kappa shape index (κ2) is 14.7. The molecule has 8 rings (SSSR count). The zero-order valence-electron chi connectivity index (χ0n) is 29.2. The summed E-state index contributed by atoms with van der Waals surface area (Å²) in [6.07, 6.45) is 2.10. The molecule has 0 atom stereocenters. The Morgan fingerprint density at radius 3 is 1.63 bits per heavy atom. The number of rotatable bonds is 11. The van der Waals surface area contributed by atoms with E-state index in [1.54, 1.807) is 0 Å². The third-order valence-corrected chi connectivity index (χ3v) is 8.98. The van der Waals surface area contributed by atoms with E-state index in [2.05, 4.69) is 125 Å². The minimum atomic E-state index is 0.509. The van der Waals surface area contributed by atoms with Crippen molar-refractivity contribution in [1.82, 2.24) is 19.3 Å². The lowest BCUT2D eigenvalue weighted by molar-refractivity contribution is 0.340. The van der Waals surface area contributed by atoms with E-state index in [9.17, 15) is 0 Å². The Hall–Kier alpha value is -6.66. The number of ether oxygens (including phenoxy) is 2. The van der Waals surface area contributed by atoms with E-state index < -0.39 is 0 Å². The summed E-state index contributed by atoms with van der Waals surface area (Å²) < 4.78 is 16.9. The highest BCUT2D eigenvalue weighted by Gasteiger charge is 2.28. The molecule has 254 valence electrons. The van der Waals surface area contributed by atoms with Gasteiger partial charge in [-0.15, -0.1) is 0 Å². The Bertz CT molecular complexity index is 2420. The van der Waals surface area contributed by atoms with Crippen LogP contribution in [0.5, 0.6) is 11.5 Å². The Morgan fingerprint density at radius 1 is 0.462 bits per heavy atom. The standard InChI is InChI=1S/C46H38N4O2/c1-3-51-41-28-18-17-27-38(41)46-48-43(35-23-13-7-14-24-35)44(36-25-15-8-16-26-36)50(46)49-32-40(34-21-11-6-12-22-34)47-45(49)39-31-37(29-30-42(39)52-4-2)33-19-9-5-10-20-33/h5-32H,3-4H2,1-2H3. The Kier molecular flexibility index (Phi) is 9.18. The molecule has 6 nitrogen and oxygen atoms in total. The monoisotopic (exact) mass is 678 g/mol. The van der Waals surface area contributed by atoms with Crippen LogP contribution in [-0.4, -0.2) is 32.5 Å². The highest BCUT2D eigenvalue weighted by atomic mass is 16.5. The topological polar surface area (TPSA) is 54.1 Å². The van der Waals surface area contributed by atoms with E-state index in [0.717, 1.165) is 73.3 Å². The summed E-state index contributed by atoms with van der Waals surface area (Å²) in [5.41, 5.74) is 9.51. The largest absolute Gasteiger partial charge is 0.493 e. The maximum absolute atomic E-state index is 6.35. The fourth-order valence-corrected chi connectivity index (χ4v) is 6.63. The molecule has 0 fully saturated rings. The number of benzene rings is 6. The molecule has 0 bridgehead atoms. The second-order valence-electron chi connectivity index (χ2n) is 12.3. The van der Waals surface area contributed by atoms with Crippen LogP contribution in [0, 0.1) is 0 Å². The summed E-state index contributed by atoms with van der Waals surface area (Å²) in [5.74, 6) is 2.93. The molecule has 0 saturated heterocycles. The minimum absolute atomic E-state index is 0.509. The third-order valence-electron chi connectivity index (χ3n) is 8.98. The van der Waals surface area contributed by atoms with Crippen LogP contribution >= 0.6 is 0 Å². The van der Waals surface area contributed by atoms with Crippen LogP contribution in [0.2, 0.25) is 0 Å². The number of hydrogen-bond donors (Lipinski definition) is 0. The smallest absolute Gasteiger partial charge is 0.164 e. The van der Waals surface area contributed by atoms with Crippen LogP contribution in [0.1, 0.15) is 13.8 Å². The number of para-hydroxylation sites is 1. The fourth-order valence-electron chi connectivity index (χ4n) is 6.63. The summed E-state index contributed by atoms with van der Waals surface area (Å²) in [6, 6.07) is 55.9.